The molecule has 0 saturated heterocycles. The van der Waals surface area contributed by atoms with Gasteiger partial charge in [0.05, 0.1) is 25.6 Å². The van der Waals surface area contributed by atoms with Gasteiger partial charge in [0.25, 0.3) is 0 Å². The molecule has 1 atom stereocenters. The van der Waals surface area contributed by atoms with E-state index in [0.717, 1.165) is 0 Å². The smallest absolute Gasteiger partial charge is 0.307 e. The maximum absolute atomic E-state index is 12.7. The fourth-order valence-electron chi connectivity index (χ4n) is 2.40. The van der Waals surface area contributed by atoms with Crippen molar-refractivity contribution in [2.75, 3.05) is 32.9 Å². The summed E-state index contributed by atoms with van der Waals surface area (Å²) < 4.78 is 16.3. The van der Waals surface area contributed by atoms with E-state index in [2.05, 4.69) is 0 Å². The topological polar surface area (TPSA) is 91.1 Å². The standard InChI is InChI=1S/C19H38N2O5/c1-7-24-18(25-8-2)12-21(19(23)16(20)11-14(3)4)10-9-17(22)26-13-15(5)6/h14-16,18H,7-13,20H2,1-6H3/t16-/m0/s1. The largest absolute Gasteiger partial charge is 0.465 e. The Hall–Kier alpha value is -1.18. The summed E-state index contributed by atoms with van der Waals surface area (Å²) in [4.78, 5) is 26.2. The molecule has 0 aliphatic heterocycles. The number of ether oxygens (including phenoxy) is 3. The maximum Gasteiger partial charge on any atom is 0.307 e. The van der Waals surface area contributed by atoms with Gasteiger partial charge in [-0.05, 0) is 32.1 Å². The first kappa shape index (κ1) is 24.8. The van der Waals surface area contributed by atoms with Crippen molar-refractivity contribution in [1.82, 2.24) is 4.90 Å². The third-order valence-electron chi connectivity index (χ3n) is 3.59. The second-order valence-corrected chi connectivity index (χ2v) is 7.19. The summed E-state index contributed by atoms with van der Waals surface area (Å²) in [5, 5.41) is 0. The SMILES string of the molecule is CCOC(CN(CCC(=O)OCC(C)C)C(=O)[C@@H](N)CC(C)C)OCC. The lowest BCUT2D eigenvalue weighted by atomic mass is 10.0. The molecule has 7 nitrogen and oxygen atoms in total. The third-order valence-corrected chi connectivity index (χ3v) is 3.59. The predicted octanol–water partition coefficient (Wildman–Crippen LogP) is 2.18. The number of nitrogens with two attached hydrogens (primary N) is 1. The van der Waals surface area contributed by atoms with E-state index in [-0.39, 0.29) is 37.3 Å². The highest BCUT2D eigenvalue weighted by atomic mass is 16.7. The van der Waals surface area contributed by atoms with Crippen LogP contribution in [0, 0.1) is 11.8 Å². The number of amides is 1. The molecule has 0 aromatic rings. The van der Waals surface area contributed by atoms with E-state index in [4.69, 9.17) is 19.9 Å². The van der Waals surface area contributed by atoms with Crippen LogP contribution >= 0.6 is 0 Å². The van der Waals surface area contributed by atoms with E-state index in [9.17, 15) is 9.59 Å². The monoisotopic (exact) mass is 374 g/mol. The molecule has 154 valence electrons. The van der Waals surface area contributed by atoms with Crippen LogP contribution in [-0.4, -0.2) is 62.0 Å². The van der Waals surface area contributed by atoms with E-state index in [0.29, 0.717) is 32.2 Å². The molecule has 2 N–H and O–H groups in total. The number of carbonyl (C=O) groups is 2. The molecular formula is C19H38N2O5. The van der Waals surface area contributed by atoms with Crippen molar-refractivity contribution in [3.63, 3.8) is 0 Å². The van der Waals surface area contributed by atoms with E-state index in [1.165, 1.54) is 0 Å². The zero-order valence-corrected chi connectivity index (χ0v) is 17.3. The van der Waals surface area contributed by atoms with Crippen LogP contribution in [0.3, 0.4) is 0 Å². The first-order chi connectivity index (χ1) is 12.2. The minimum absolute atomic E-state index is 0.123. The van der Waals surface area contributed by atoms with Gasteiger partial charge >= 0.3 is 5.97 Å². The molecule has 7 heteroatoms. The number of esters is 1. The Morgan fingerprint density at radius 3 is 2.04 bits per heavy atom. The average molecular weight is 375 g/mol. The van der Waals surface area contributed by atoms with Crippen molar-refractivity contribution in [1.29, 1.82) is 0 Å². The molecular weight excluding hydrogens is 336 g/mol. The third kappa shape index (κ3) is 11.4. The molecule has 0 spiro atoms. The summed E-state index contributed by atoms with van der Waals surface area (Å²) in [7, 11) is 0. The molecule has 0 saturated carbocycles. The van der Waals surface area contributed by atoms with Crippen LogP contribution in [-0.2, 0) is 23.8 Å². The molecule has 0 aromatic heterocycles. The number of hydrogen-bond acceptors (Lipinski definition) is 6. The Labute approximate surface area is 158 Å². The molecule has 0 aliphatic carbocycles. The van der Waals surface area contributed by atoms with Gasteiger partial charge in [-0.15, -0.1) is 0 Å². The fourth-order valence-corrected chi connectivity index (χ4v) is 2.40. The van der Waals surface area contributed by atoms with Gasteiger partial charge in [-0.1, -0.05) is 27.7 Å². The molecule has 0 fully saturated rings. The van der Waals surface area contributed by atoms with Crippen LogP contribution in [0.25, 0.3) is 0 Å². The van der Waals surface area contributed by atoms with Crippen molar-refractivity contribution in [3.8, 4) is 0 Å². The summed E-state index contributed by atoms with van der Waals surface area (Å²) in [6, 6.07) is -0.606. The molecule has 26 heavy (non-hydrogen) atoms. The second-order valence-electron chi connectivity index (χ2n) is 7.19. The normalized spacial score (nSPS) is 12.7. The molecule has 0 rings (SSSR count). The van der Waals surface area contributed by atoms with Gasteiger partial charge in [-0.25, -0.2) is 0 Å². The number of nitrogens with zero attached hydrogens (tertiary/aromatic N) is 1. The number of carbonyl (C=O) groups excluding carboxylic acids is 2. The van der Waals surface area contributed by atoms with Gasteiger partial charge in [0.2, 0.25) is 5.91 Å². The molecule has 0 radical (unpaired) electrons. The molecule has 0 heterocycles. The minimum Gasteiger partial charge on any atom is -0.465 e. The Morgan fingerprint density at radius 1 is 1.00 bits per heavy atom. The minimum atomic E-state index is -0.606. The van der Waals surface area contributed by atoms with Crippen LogP contribution in [0.1, 0.15) is 54.4 Å². The van der Waals surface area contributed by atoms with Crippen molar-refractivity contribution in [2.24, 2.45) is 17.6 Å². The maximum atomic E-state index is 12.7. The van der Waals surface area contributed by atoms with Crippen LogP contribution in [0.15, 0.2) is 0 Å². The molecule has 0 unspecified atom stereocenters. The van der Waals surface area contributed by atoms with Crippen molar-refractivity contribution >= 4 is 11.9 Å². The zero-order chi connectivity index (χ0) is 20.1. The van der Waals surface area contributed by atoms with E-state index in [1.54, 1.807) is 4.90 Å². The molecule has 1 amide bonds. The Bertz CT molecular complexity index is 395. The van der Waals surface area contributed by atoms with Crippen molar-refractivity contribution in [3.05, 3.63) is 0 Å². The van der Waals surface area contributed by atoms with Gasteiger partial charge < -0.3 is 24.8 Å². The zero-order valence-electron chi connectivity index (χ0n) is 17.3. The first-order valence-corrected chi connectivity index (χ1v) is 9.64. The highest BCUT2D eigenvalue weighted by Crippen LogP contribution is 2.09. The molecule has 0 aromatic carbocycles. The van der Waals surface area contributed by atoms with Crippen LogP contribution in [0.2, 0.25) is 0 Å². The number of rotatable bonds is 14. The first-order valence-electron chi connectivity index (χ1n) is 9.64. The van der Waals surface area contributed by atoms with Crippen LogP contribution in [0.4, 0.5) is 0 Å². The summed E-state index contributed by atoms with van der Waals surface area (Å²) in [6.45, 7) is 13.5. The Balaban J connectivity index is 4.90. The van der Waals surface area contributed by atoms with E-state index >= 15 is 0 Å². The lowest BCUT2D eigenvalue weighted by Crippen LogP contribution is -2.48. The lowest BCUT2D eigenvalue weighted by Gasteiger charge is -2.29. The second kappa shape index (κ2) is 13.9. The summed E-state index contributed by atoms with van der Waals surface area (Å²) >= 11 is 0. The average Bonchev–Trinajstić information content (AvgIpc) is 2.55. The van der Waals surface area contributed by atoms with Gasteiger partial charge in [0.1, 0.15) is 0 Å². The van der Waals surface area contributed by atoms with Crippen molar-refractivity contribution < 1.29 is 23.8 Å². The predicted molar refractivity (Wildman–Crippen MR) is 101 cm³/mol. The quantitative estimate of drug-likeness (QED) is 0.370. The van der Waals surface area contributed by atoms with Gasteiger partial charge in [0, 0.05) is 19.8 Å². The van der Waals surface area contributed by atoms with Crippen LogP contribution < -0.4 is 5.73 Å². The summed E-state index contributed by atoms with van der Waals surface area (Å²) in [5.41, 5.74) is 6.06. The molecule has 0 bridgehead atoms. The van der Waals surface area contributed by atoms with Gasteiger partial charge in [-0.2, -0.15) is 0 Å². The van der Waals surface area contributed by atoms with Gasteiger partial charge in [0.15, 0.2) is 6.29 Å². The summed E-state index contributed by atoms with van der Waals surface area (Å²) in [6.07, 6.45) is 0.172. The molecule has 0 aliphatic rings. The van der Waals surface area contributed by atoms with E-state index in [1.807, 2.05) is 41.5 Å². The fraction of sp³-hybridized carbons (Fsp3) is 0.895. The van der Waals surface area contributed by atoms with Crippen LogP contribution in [0.5, 0.6) is 0 Å². The Morgan fingerprint density at radius 2 is 1.58 bits per heavy atom. The highest BCUT2D eigenvalue weighted by Gasteiger charge is 2.25. The highest BCUT2D eigenvalue weighted by molar-refractivity contribution is 5.82. The summed E-state index contributed by atoms with van der Waals surface area (Å²) in [5.74, 6) is 0.0656. The number of hydrogen-bond donors (Lipinski definition) is 1. The van der Waals surface area contributed by atoms with Gasteiger partial charge in [-0.3, -0.25) is 9.59 Å². The Kier molecular flexibility index (Phi) is 13.3. The lowest BCUT2D eigenvalue weighted by molar-refractivity contribution is -0.161. The van der Waals surface area contributed by atoms with Crippen molar-refractivity contribution in [2.45, 2.75) is 66.7 Å². The van der Waals surface area contributed by atoms with E-state index < -0.39 is 12.3 Å².